The van der Waals surface area contributed by atoms with Gasteiger partial charge in [0.05, 0.1) is 6.61 Å². The zero-order chi connectivity index (χ0) is 17.7. The Bertz CT molecular complexity index is 734. The van der Waals surface area contributed by atoms with Gasteiger partial charge in [-0.2, -0.15) is 0 Å². The average molecular weight is 333 g/mol. The summed E-state index contributed by atoms with van der Waals surface area (Å²) in [7, 11) is 0. The second-order valence-electron chi connectivity index (χ2n) is 5.07. The van der Waals surface area contributed by atoms with Crippen LogP contribution in [0, 0.1) is 11.6 Å². The average Bonchev–Trinajstić information content (AvgIpc) is 2.59. The second kappa shape index (κ2) is 7.68. The first-order valence-corrected chi connectivity index (χ1v) is 7.46. The van der Waals surface area contributed by atoms with E-state index >= 15 is 0 Å². The fraction of sp³-hybridized carbons (Fsp3) is 0.222. The van der Waals surface area contributed by atoms with Crippen molar-refractivity contribution in [1.82, 2.24) is 0 Å². The number of hydrogen-bond acceptors (Lipinski definition) is 3. The largest absolute Gasteiger partial charge is 0.464 e. The molecule has 1 amide bonds. The van der Waals surface area contributed by atoms with Crippen molar-refractivity contribution >= 4 is 17.6 Å². The Labute approximate surface area is 138 Å². The van der Waals surface area contributed by atoms with Crippen molar-refractivity contribution in [2.24, 2.45) is 0 Å². The molecule has 24 heavy (non-hydrogen) atoms. The topological polar surface area (TPSA) is 46.6 Å². The first kappa shape index (κ1) is 17.6. The Balaban J connectivity index is 2.46. The van der Waals surface area contributed by atoms with Gasteiger partial charge in [0.1, 0.15) is 6.04 Å². The molecule has 0 N–H and O–H groups in total. The summed E-state index contributed by atoms with van der Waals surface area (Å²) in [5.41, 5.74) is 0.390. The van der Waals surface area contributed by atoms with Crippen molar-refractivity contribution in [3.05, 3.63) is 65.7 Å². The van der Waals surface area contributed by atoms with Crippen molar-refractivity contribution in [3.63, 3.8) is 0 Å². The monoisotopic (exact) mass is 333 g/mol. The minimum atomic E-state index is -1.10. The maximum atomic E-state index is 13.6. The molecule has 1 atom stereocenters. The first-order chi connectivity index (χ1) is 11.5. The van der Waals surface area contributed by atoms with E-state index in [0.29, 0.717) is 5.56 Å². The highest BCUT2D eigenvalue weighted by Gasteiger charge is 2.29. The van der Waals surface area contributed by atoms with Gasteiger partial charge >= 0.3 is 5.97 Å². The summed E-state index contributed by atoms with van der Waals surface area (Å²) in [5.74, 6) is -3.28. The standard InChI is InChI=1S/C18H17F2NO3/c1-3-24-18(23)12(2)21(14-9-10-15(19)16(20)11-14)17(22)13-7-5-4-6-8-13/h4-12H,3H2,1-2H3. The molecule has 0 aliphatic carbocycles. The van der Waals surface area contributed by atoms with Crippen molar-refractivity contribution in [2.45, 2.75) is 19.9 Å². The molecular weight excluding hydrogens is 316 g/mol. The van der Waals surface area contributed by atoms with E-state index < -0.39 is 29.6 Å². The smallest absolute Gasteiger partial charge is 0.328 e. The molecule has 1 unspecified atom stereocenters. The molecule has 2 aromatic carbocycles. The predicted octanol–water partition coefficient (Wildman–Crippen LogP) is 3.56. The number of carbonyl (C=O) groups excluding carboxylic acids is 2. The molecule has 0 saturated carbocycles. The van der Waals surface area contributed by atoms with Crippen LogP contribution in [0.5, 0.6) is 0 Å². The Morgan fingerprint density at radius 2 is 1.75 bits per heavy atom. The first-order valence-electron chi connectivity index (χ1n) is 7.46. The molecule has 0 aliphatic heterocycles. The van der Waals surface area contributed by atoms with Crippen LogP contribution in [0.15, 0.2) is 48.5 Å². The molecule has 126 valence electrons. The fourth-order valence-corrected chi connectivity index (χ4v) is 2.24. The molecule has 0 aliphatic rings. The minimum Gasteiger partial charge on any atom is -0.464 e. The summed E-state index contributed by atoms with van der Waals surface area (Å²) in [6.45, 7) is 3.26. The molecule has 2 aromatic rings. The number of esters is 1. The zero-order valence-electron chi connectivity index (χ0n) is 13.3. The summed E-state index contributed by atoms with van der Waals surface area (Å²) in [4.78, 5) is 25.9. The molecule has 0 aromatic heterocycles. The summed E-state index contributed by atoms with van der Waals surface area (Å²) in [5, 5.41) is 0. The number of ether oxygens (including phenoxy) is 1. The van der Waals surface area contributed by atoms with Gasteiger partial charge in [0, 0.05) is 17.3 Å². The number of nitrogens with zero attached hydrogens (tertiary/aromatic N) is 1. The van der Waals surface area contributed by atoms with Crippen LogP contribution in [0.2, 0.25) is 0 Å². The molecule has 0 fully saturated rings. The van der Waals surface area contributed by atoms with Gasteiger partial charge in [0.15, 0.2) is 11.6 Å². The van der Waals surface area contributed by atoms with Crippen LogP contribution < -0.4 is 4.90 Å². The predicted molar refractivity (Wildman–Crippen MR) is 85.7 cm³/mol. The molecule has 2 rings (SSSR count). The maximum absolute atomic E-state index is 13.6. The Hall–Kier alpha value is -2.76. The highest BCUT2D eigenvalue weighted by atomic mass is 19.2. The molecular formula is C18H17F2NO3. The molecule has 0 bridgehead atoms. The number of rotatable bonds is 5. The van der Waals surface area contributed by atoms with Gasteiger partial charge in [0.25, 0.3) is 5.91 Å². The Morgan fingerprint density at radius 1 is 1.08 bits per heavy atom. The summed E-state index contributed by atoms with van der Waals surface area (Å²) < 4.78 is 31.7. The molecule has 0 radical (unpaired) electrons. The lowest BCUT2D eigenvalue weighted by atomic mass is 10.1. The van der Waals surface area contributed by atoms with Gasteiger partial charge in [-0.05, 0) is 38.1 Å². The molecule has 4 nitrogen and oxygen atoms in total. The lowest BCUT2D eigenvalue weighted by Gasteiger charge is -2.28. The van der Waals surface area contributed by atoms with E-state index in [9.17, 15) is 18.4 Å². The third-order valence-electron chi connectivity index (χ3n) is 3.44. The van der Waals surface area contributed by atoms with Gasteiger partial charge in [-0.3, -0.25) is 9.69 Å². The van der Waals surface area contributed by atoms with Crippen molar-refractivity contribution in [1.29, 1.82) is 0 Å². The molecule has 0 spiro atoms. The zero-order valence-corrected chi connectivity index (χ0v) is 13.3. The van der Waals surface area contributed by atoms with E-state index in [1.165, 1.54) is 13.0 Å². The summed E-state index contributed by atoms with van der Waals surface area (Å²) >= 11 is 0. The number of anilines is 1. The lowest BCUT2D eigenvalue weighted by Crippen LogP contribution is -2.44. The van der Waals surface area contributed by atoms with E-state index in [4.69, 9.17) is 4.74 Å². The van der Waals surface area contributed by atoms with E-state index in [2.05, 4.69) is 0 Å². The normalized spacial score (nSPS) is 11.7. The van der Waals surface area contributed by atoms with Crippen LogP contribution in [-0.4, -0.2) is 24.5 Å². The van der Waals surface area contributed by atoms with E-state index in [-0.39, 0.29) is 12.3 Å². The highest BCUT2D eigenvalue weighted by molar-refractivity contribution is 6.09. The Kier molecular flexibility index (Phi) is 5.63. The van der Waals surface area contributed by atoms with Gasteiger partial charge in [-0.15, -0.1) is 0 Å². The van der Waals surface area contributed by atoms with Gasteiger partial charge in [-0.1, -0.05) is 18.2 Å². The van der Waals surface area contributed by atoms with Crippen LogP contribution in [-0.2, 0) is 9.53 Å². The van der Waals surface area contributed by atoms with E-state index in [1.54, 1.807) is 37.3 Å². The molecule has 6 heteroatoms. The second-order valence-corrected chi connectivity index (χ2v) is 5.07. The number of hydrogen-bond donors (Lipinski definition) is 0. The maximum Gasteiger partial charge on any atom is 0.328 e. The van der Waals surface area contributed by atoms with Crippen LogP contribution in [0.4, 0.5) is 14.5 Å². The highest BCUT2D eigenvalue weighted by Crippen LogP contribution is 2.23. The van der Waals surface area contributed by atoms with Crippen LogP contribution in [0.3, 0.4) is 0 Å². The minimum absolute atomic E-state index is 0.0725. The van der Waals surface area contributed by atoms with E-state index in [0.717, 1.165) is 17.0 Å². The van der Waals surface area contributed by atoms with Crippen molar-refractivity contribution < 1.29 is 23.1 Å². The third-order valence-corrected chi connectivity index (χ3v) is 3.44. The van der Waals surface area contributed by atoms with Gasteiger partial charge in [-0.25, -0.2) is 13.6 Å². The number of benzene rings is 2. The van der Waals surface area contributed by atoms with Crippen LogP contribution in [0.25, 0.3) is 0 Å². The van der Waals surface area contributed by atoms with Gasteiger partial charge in [0.2, 0.25) is 0 Å². The Morgan fingerprint density at radius 3 is 2.33 bits per heavy atom. The third kappa shape index (κ3) is 3.76. The SMILES string of the molecule is CCOC(=O)C(C)N(C(=O)c1ccccc1)c1ccc(F)c(F)c1. The van der Waals surface area contributed by atoms with Crippen LogP contribution >= 0.6 is 0 Å². The quantitative estimate of drug-likeness (QED) is 0.786. The fourth-order valence-electron chi connectivity index (χ4n) is 2.24. The summed E-state index contributed by atoms with van der Waals surface area (Å²) in [6.07, 6.45) is 0. The van der Waals surface area contributed by atoms with Crippen molar-refractivity contribution in [2.75, 3.05) is 11.5 Å². The molecule has 0 heterocycles. The van der Waals surface area contributed by atoms with Crippen LogP contribution in [0.1, 0.15) is 24.2 Å². The van der Waals surface area contributed by atoms with Gasteiger partial charge < -0.3 is 4.74 Å². The molecule has 0 saturated heterocycles. The van der Waals surface area contributed by atoms with E-state index in [1.807, 2.05) is 0 Å². The number of halogens is 2. The summed E-state index contributed by atoms with van der Waals surface area (Å²) in [6, 6.07) is 10.3. The lowest BCUT2D eigenvalue weighted by molar-refractivity contribution is -0.144. The van der Waals surface area contributed by atoms with Crippen molar-refractivity contribution in [3.8, 4) is 0 Å². The number of amides is 1. The number of carbonyl (C=O) groups is 2.